The molecule has 5 nitrogen and oxygen atoms in total. The van der Waals surface area contributed by atoms with E-state index in [1.165, 1.54) is 0 Å². The molecule has 2 aromatic rings. The quantitative estimate of drug-likeness (QED) is 0.856. The number of benzene rings is 1. The van der Waals surface area contributed by atoms with Crippen molar-refractivity contribution in [3.63, 3.8) is 0 Å². The number of hydrogen-bond donors (Lipinski definition) is 1. The number of rotatable bonds is 5. The Labute approximate surface area is 136 Å². The molecule has 0 aliphatic carbocycles. The first-order chi connectivity index (χ1) is 11.2. The Morgan fingerprint density at radius 1 is 1.22 bits per heavy atom. The van der Waals surface area contributed by atoms with E-state index >= 15 is 0 Å². The van der Waals surface area contributed by atoms with Gasteiger partial charge in [0.05, 0.1) is 12.6 Å². The second kappa shape index (κ2) is 6.98. The summed E-state index contributed by atoms with van der Waals surface area (Å²) in [7, 11) is 1.62. The molecule has 3 rings (SSSR count). The number of nitrogens with one attached hydrogen (secondary N) is 1. The first kappa shape index (κ1) is 15.8. The molecule has 0 unspecified atom stereocenters. The van der Waals surface area contributed by atoms with Crippen molar-refractivity contribution in [2.75, 3.05) is 39.8 Å². The fraction of sp³-hybridized carbons (Fsp3) is 0.389. The van der Waals surface area contributed by atoms with Crippen LogP contribution in [0.25, 0.3) is 10.9 Å². The largest absolute Gasteiger partial charge is 0.497 e. The summed E-state index contributed by atoms with van der Waals surface area (Å²) in [5.74, 6) is 0.749. The summed E-state index contributed by atoms with van der Waals surface area (Å²) in [5, 5.41) is 1.03. The predicted molar refractivity (Wildman–Crippen MR) is 93.0 cm³/mol. The standard InChI is InChI=1S/C18H23N3O2/c1-3-6-20-7-9-21(10-8-20)13-15-11-14-4-5-16(23-2)12-17(14)19-18(15)22/h3-5,11-12H,1,6-10,13H2,2H3,(H,19,22). The van der Waals surface area contributed by atoms with Crippen LogP contribution in [-0.2, 0) is 6.54 Å². The molecule has 1 fully saturated rings. The number of pyridine rings is 1. The lowest BCUT2D eigenvalue weighted by atomic mass is 10.1. The summed E-state index contributed by atoms with van der Waals surface area (Å²) < 4.78 is 5.20. The van der Waals surface area contributed by atoms with Crippen LogP contribution in [0.2, 0.25) is 0 Å². The lowest BCUT2D eigenvalue weighted by molar-refractivity contribution is 0.136. The Morgan fingerprint density at radius 2 is 1.96 bits per heavy atom. The third kappa shape index (κ3) is 3.63. The number of ether oxygens (including phenoxy) is 1. The summed E-state index contributed by atoms with van der Waals surface area (Å²) in [6.45, 7) is 9.42. The highest BCUT2D eigenvalue weighted by Gasteiger charge is 2.17. The maximum absolute atomic E-state index is 12.3. The minimum Gasteiger partial charge on any atom is -0.497 e. The lowest BCUT2D eigenvalue weighted by Gasteiger charge is -2.33. The number of methoxy groups -OCH3 is 1. The topological polar surface area (TPSA) is 48.6 Å². The maximum atomic E-state index is 12.3. The molecule has 1 N–H and O–H groups in total. The molecule has 1 aliphatic heterocycles. The van der Waals surface area contributed by atoms with E-state index in [-0.39, 0.29) is 5.56 Å². The summed E-state index contributed by atoms with van der Waals surface area (Å²) in [6.07, 6.45) is 1.94. The number of piperazine rings is 1. The maximum Gasteiger partial charge on any atom is 0.252 e. The van der Waals surface area contributed by atoms with Gasteiger partial charge in [-0.2, -0.15) is 0 Å². The summed E-state index contributed by atoms with van der Waals surface area (Å²) in [5.41, 5.74) is 1.62. The van der Waals surface area contributed by atoms with Crippen LogP contribution >= 0.6 is 0 Å². The average Bonchev–Trinajstić information content (AvgIpc) is 2.57. The molecular weight excluding hydrogens is 290 g/mol. The molecule has 23 heavy (non-hydrogen) atoms. The normalized spacial score (nSPS) is 16.6. The zero-order chi connectivity index (χ0) is 16.2. The Hall–Kier alpha value is -2.11. The van der Waals surface area contributed by atoms with Crippen molar-refractivity contribution < 1.29 is 4.74 Å². The van der Waals surface area contributed by atoms with Crippen LogP contribution in [0, 0.1) is 0 Å². The number of aromatic nitrogens is 1. The van der Waals surface area contributed by atoms with Crippen LogP contribution in [0.3, 0.4) is 0 Å². The fourth-order valence-corrected chi connectivity index (χ4v) is 3.02. The van der Waals surface area contributed by atoms with E-state index in [9.17, 15) is 4.79 Å². The molecule has 1 aromatic heterocycles. The molecule has 0 bridgehead atoms. The van der Waals surface area contributed by atoms with Crippen molar-refractivity contribution in [1.29, 1.82) is 0 Å². The molecule has 5 heteroatoms. The first-order valence-electron chi connectivity index (χ1n) is 7.95. The number of hydrogen-bond acceptors (Lipinski definition) is 4. The summed E-state index contributed by atoms with van der Waals surface area (Å²) in [6, 6.07) is 7.74. The van der Waals surface area contributed by atoms with Gasteiger partial charge in [-0.05, 0) is 23.6 Å². The van der Waals surface area contributed by atoms with Gasteiger partial charge in [0.15, 0.2) is 0 Å². The van der Waals surface area contributed by atoms with E-state index < -0.39 is 0 Å². The van der Waals surface area contributed by atoms with E-state index in [4.69, 9.17) is 4.74 Å². The highest BCUT2D eigenvalue weighted by atomic mass is 16.5. The number of H-pyrrole nitrogens is 1. The SMILES string of the molecule is C=CCN1CCN(Cc2cc3ccc(OC)cc3[nH]c2=O)CC1. The highest BCUT2D eigenvalue weighted by Crippen LogP contribution is 2.19. The van der Waals surface area contributed by atoms with Gasteiger partial charge >= 0.3 is 0 Å². The van der Waals surface area contributed by atoms with Gasteiger partial charge in [0, 0.05) is 50.9 Å². The molecule has 1 aliphatic rings. The zero-order valence-corrected chi connectivity index (χ0v) is 13.5. The molecule has 2 heterocycles. The van der Waals surface area contributed by atoms with Crippen LogP contribution < -0.4 is 10.3 Å². The molecule has 0 radical (unpaired) electrons. The number of aromatic amines is 1. The molecule has 0 spiro atoms. The third-order valence-corrected chi connectivity index (χ3v) is 4.38. The predicted octanol–water partition coefficient (Wildman–Crippen LogP) is 1.84. The Balaban J connectivity index is 1.74. The van der Waals surface area contributed by atoms with Gasteiger partial charge in [-0.1, -0.05) is 6.08 Å². The molecule has 122 valence electrons. The molecule has 0 atom stereocenters. The zero-order valence-electron chi connectivity index (χ0n) is 13.5. The van der Waals surface area contributed by atoms with Crippen molar-refractivity contribution in [1.82, 2.24) is 14.8 Å². The monoisotopic (exact) mass is 313 g/mol. The van der Waals surface area contributed by atoms with Gasteiger partial charge in [0.2, 0.25) is 0 Å². The van der Waals surface area contributed by atoms with Gasteiger partial charge in [0.1, 0.15) is 5.75 Å². The van der Waals surface area contributed by atoms with E-state index in [1.807, 2.05) is 30.3 Å². The van der Waals surface area contributed by atoms with Crippen molar-refractivity contribution in [2.24, 2.45) is 0 Å². The van der Waals surface area contributed by atoms with E-state index in [0.29, 0.717) is 6.54 Å². The smallest absolute Gasteiger partial charge is 0.252 e. The van der Waals surface area contributed by atoms with Crippen LogP contribution in [0.15, 0.2) is 41.7 Å². The van der Waals surface area contributed by atoms with Crippen LogP contribution in [0.1, 0.15) is 5.56 Å². The van der Waals surface area contributed by atoms with Crippen LogP contribution in [-0.4, -0.2) is 54.6 Å². The average molecular weight is 313 g/mol. The van der Waals surface area contributed by atoms with Gasteiger partial charge < -0.3 is 9.72 Å². The molecular formula is C18H23N3O2. The van der Waals surface area contributed by atoms with E-state index in [2.05, 4.69) is 21.4 Å². The van der Waals surface area contributed by atoms with Gasteiger partial charge in [0.25, 0.3) is 5.56 Å². The molecule has 1 aromatic carbocycles. The lowest BCUT2D eigenvalue weighted by Crippen LogP contribution is -2.46. The Bertz CT molecular complexity index is 746. The molecule has 0 saturated carbocycles. The Morgan fingerprint density at radius 3 is 2.65 bits per heavy atom. The van der Waals surface area contributed by atoms with Crippen LogP contribution in [0.5, 0.6) is 5.75 Å². The van der Waals surface area contributed by atoms with Gasteiger partial charge in [-0.15, -0.1) is 6.58 Å². The van der Waals surface area contributed by atoms with E-state index in [1.54, 1.807) is 7.11 Å². The van der Waals surface area contributed by atoms with Crippen molar-refractivity contribution >= 4 is 10.9 Å². The van der Waals surface area contributed by atoms with E-state index in [0.717, 1.165) is 54.9 Å². The highest BCUT2D eigenvalue weighted by molar-refractivity contribution is 5.80. The second-order valence-electron chi connectivity index (χ2n) is 5.94. The number of fused-ring (bicyclic) bond motifs is 1. The third-order valence-electron chi connectivity index (χ3n) is 4.38. The van der Waals surface area contributed by atoms with Crippen molar-refractivity contribution in [2.45, 2.75) is 6.54 Å². The first-order valence-corrected chi connectivity index (χ1v) is 7.95. The van der Waals surface area contributed by atoms with Crippen molar-refractivity contribution in [3.8, 4) is 5.75 Å². The minimum absolute atomic E-state index is 0.0146. The summed E-state index contributed by atoms with van der Waals surface area (Å²) in [4.78, 5) is 20.0. The minimum atomic E-state index is -0.0146. The van der Waals surface area contributed by atoms with Gasteiger partial charge in [-0.3, -0.25) is 14.6 Å². The van der Waals surface area contributed by atoms with Crippen LogP contribution in [0.4, 0.5) is 0 Å². The number of nitrogens with zero attached hydrogens (tertiary/aromatic N) is 2. The second-order valence-corrected chi connectivity index (χ2v) is 5.94. The fourth-order valence-electron chi connectivity index (χ4n) is 3.02. The van der Waals surface area contributed by atoms with Crippen molar-refractivity contribution in [3.05, 3.63) is 52.8 Å². The summed E-state index contributed by atoms with van der Waals surface area (Å²) >= 11 is 0. The molecule has 1 saturated heterocycles. The molecule has 0 amide bonds. The Kier molecular flexibility index (Phi) is 4.79. The van der Waals surface area contributed by atoms with Gasteiger partial charge in [-0.25, -0.2) is 0 Å².